The molecule has 0 aromatic heterocycles. The molecule has 2 amide bonds. The van der Waals surface area contributed by atoms with Crippen LogP contribution in [-0.2, 0) is 20.7 Å². The highest BCUT2D eigenvalue weighted by Crippen LogP contribution is 2.09. The Hall–Kier alpha value is -1.95. The van der Waals surface area contributed by atoms with Crippen molar-refractivity contribution in [3.05, 3.63) is 35.6 Å². The predicted molar refractivity (Wildman–Crippen MR) is 84.4 cm³/mol. The summed E-state index contributed by atoms with van der Waals surface area (Å²) in [6.45, 7) is 4.58. The molecule has 0 aliphatic carbocycles. The van der Waals surface area contributed by atoms with Gasteiger partial charge < -0.3 is 14.5 Å². The number of nitrogens with zero attached hydrogens (tertiary/aromatic N) is 2. The molecule has 23 heavy (non-hydrogen) atoms. The number of halogens is 1. The van der Waals surface area contributed by atoms with E-state index in [1.54, 1.807) is 28.0 Å². The second-order valence-electron chi connectivity index (χ2n) is 5.59. The van der Waals surface area contributed by atoms with Crippen molar-refractivity contribution in [3.8, 4) is 0 Å². The van der Waals surface area contributed by atoms with Crippen LogP contribution in [0, 0.1) is 5.82 Å². The third-order valence-electron chi connectivity index (χ3n) is 4.01. The van der Waals surface area contributed by atoms with E-state index < -0.39 is 0 Å². The molecule has 1 aliphatic heterocycles. The summed E-state index contributed by atoms with van der Waals surface area (Å²) < 4.78 is 18.8. The highest BCUT2D eigenvalue weighted by atomic mass is 19.1. The fraction of sp³-hybridized carbons (Fsp3) is 0.529. The molecule has 1 aromatic rings. The molecule has 0 atom stereocenters. The van der Waals surface area contributed by atoms with Crippen LogP contribution in [0.5, 0.6) is 0 Å². The summed E-state index contributed by atoms with van der Waals surface area (Å²) in [7, 11) is 0. The van der Waals surface area contributed by atoms with E-state index in [1.165, 1.54) is 13.0 Å². The zero-order valence-corrected chi connectivity index (χ0v) is 13.5. The number of carbonyl (C=O) groups excluding carboxylic acids is 2. The minimum Gasteiger partial charge on any atom is -0.378 e. The Morgan fingerprint density at radius 2 is 1.91 bits per heavy atom. The van der Waals surface area contributed by atoms with Gasteiger partial charge in [-0.3, -0.25) is 9.59 Å². The Labute approximate surface area is 136 Å². The maximum atomic E-state index is 13.6. The molecule has 1 aromatic carbocycles. The van der Waals surface area contributed by atoms with Crippen molar-refractivity contribution in [3.63, 3.8) is 0 Å². The Kier molecular flexibility index (Phi) is 6.52. The standard InChI is InChI=1S/C17H23FN2O3/c1-14(21)19(8-6-15-4-2-3-5-16(15)18)9-7-17(22)20-10-12-23-13-11-20/h2-5H,6-13H2,1H3. The first-order valence-electron chi connectivity index (χ1n) is 7.92. The summed E-state index contributed by atoms with van der Waals surface area (Å²) in [6.07, 6.45) is 0.731. The minimum atomic E-state index is -0.264. The number of amides is 2. The first kappa shape index (κ1) is 17.4. The van der Waals surface area contributed by atoms with Crippen LogP contribution < -0.4 is 0 Å². The number of rotatable bonds is 6. The predicted octanol–water partition coefficient (Wildman–Crippen LogP) is 1.47. The maximum Gasteiger partial charge on any atom is 0.224 e. The molecule has 0 spiro atoms. The highest BCUT2D eigenvalue weighted by Gasteiger charge is 2.18. The molecule has 1 aliphatic rings. The van der Waals surface area contributed by atoms with E-state index in [4.69, 9.17) is 4.74 Å². The van der Waals surface area contributed by atoms with Crippen molar-refractivity contribution in [2.24, 2.45) is 0 Å². The lowest BCUT2D eigenvalue weighted by Gasteiger charge is -2.28. The molecule has 0 N–H and O–H groups in total. The van der Waals surface area contributed by atoms with Gasteiger partial charge in [-0.2, -0.15) is 0 Å². The summed E-state index contributed by atoms with van der Waals surface area (Å²) in [6, 6.07) is 6.54. The normalized spacial score (nSPS) is 14.6. The fourth-order valence-corrected chi connectivity index (χ4v) is 2.58. The molecule has 126 valence electrons. The van der Waals surface area contributed by atoms with Crippen LogP contribution in [0.2, 0.25) is 0 Å². The zero-order valence-electron chi connectivity index (χ0n) is 13.5. The van der Waals surface area contributed by atoms with E-state index in [1.807, 2.05) is 0 Å². The van der Waals surface area contributed by atoms with Gasteiger partial charge >= 0.3 is 0 Å². The van der Waals surface area contributed by atoms with Gasteiger partial charge in [-0.15, -0.1) is 0 Å². The number of carbonyl (C=O) groups is 2. The lowest BCUT2D eigenvalue weighted by Crippen LogP contribution is -2.42. The van der Waals surface area contributed by atoms with Crippen LogP contribution in [0.3, 0.4) is 0 Å². The lowest BCUT2D eigenvalue weighted by atomic mass is 10.1. The van der Waals surface area contributed by atoms with Gasteiger partial charge in [0.1, 0.15) is 5.82 Å². The molecule has 0 radical (unpaired) electrons. The third-order valence-corrected chi connectivity index (χ3v) is 4.01. The van der Waals surface area contributed by atoms with Crippen LogP contribution in [0.1, 0.15) is 18.9 Å². The smallest absolute Gasteiger partial charge is 0.224 e. The van der Waals surface area contributed by atoms with E-state index in [9.17, 15) is 14.0 Å². The zero-order chi connectivity index (χ0) is 16.7. The van der Waals surface area contributed by atoms with Gasteiger partial charge in [-0.25, -0.2) is 4.39 Å². The Balaban J connectivity index is 1.82. The quantitative estimate of drug-likeness (QED) is 0.797. The molecular formula is C17H23FN2O3. The molecular weight excluding hydrogens is 299 g/mol. The van der Waals surface area contributed by atoms with E-state index in [0.29, 0.717) is 51.4 Å². The maximum absolute atomic E-state index is 13.6. The van der Waals surface area contributed by atoms with E-state index in [-0.39, 0.29) is 24.1 Å². The number of morpholine rings is 1. The van der Waals surface area contributed by atoms with Crippen LogP contribution in [0.25, 0.3) is 0 Å². The van der Waals surface area contributed by atoms with Crippen molar-refractivity contribution in [1.82, 2.24) is 9.80 Å². The number of hydrogen-bond donors (Lipinski definition) is 0. The van der Waals surface area contributed by atoms with Gasteiger partial charge in [0.25, 0.3) is 0 Å². The Bertz CT molecular complexity index is 544. The molecule has 1 heterocycles. The summed E-state index contributed by atoms with van der Waals surface area (Å²) in [5, 5.41) is 0. The van der Waals surface area contributed by atoms with Crippen LogP contribution in [0.4, 0.5) is 4.39 Å². The lowest BCUT2D eigenvalue weighted by molar-refractivity contribution is -0.136. The van der Waals surface area contributed by atoms with Gasteiger partial charge in [0.05, 0.1) is 13.2 Å². The van der Waals surface area contributed by atoms with Gasteiger partial charge in [-0.1, -0.05) is 18.2 Å². The second-order valence-corrected chi connectivity index (χ2v) is 5.59. The number of hydrogen-bond acceptors (Lipinski definition) is 3. The molecule has 0 unspecified atom stereocenters. The fourth-order valence-electron chi connectivity index (χ4n) is 2.58. The minimum absolute atomic E-state index is 0.0328. The molecule has 6 heteroatoms. The molecule has 0 bridgehead atoms. The van der Waals surface area contributed by atoms with Crippen LogP contribution >= 0.6 is 0 Å². The van der Waals surface area contributed by atoms with Crippen molar-refractivity contribution in [2.45, 2.75) is 19.8 Å². The number of benzene rings is 1. The van der Waals surface area contributed by atoms with Gasteiger partial charge in [0.2, 0.25) is 11.8 Å². The molecule has 2 rings (SSSR count). The molecule has 0 saturated carbocycles. The summed E-state index contributed by atoms with van der Waals surface area (Å²) in [5.41, 5.74) is 0.582. The van der Waals surface area contributed by atoms with Gasteiger partial charge in [-0.05, 0) is 18.1 Å². The summed E-state index contributed by atoms with van der Waals surface area (Å²) >= 11 is 0. The van der Waals surface area contributed by atoms with Crippen LogP contribution in [0.15, 0.2) is 24.3 Å². The highest BCUT2D eigenvalue weighted by molar-refractivity contribution is 5.78. The van der Waals surface area contributed by atoms with Crippen molar-refractivity contribution in [2.75, 3.05) is 39.4 Å². The second kappa shape index (κ2) is 8.62. The number of ether oxygens (including phenoxy) is 1. The molecule has 5 nitrogen and oxygen atoms in total. The van der Waals surface area contributed by atoms with Crippen molar-refractivity contribution < 1.29 is 18.7 Å². The van der Waals surface area contributed by atoms with E-state index in [0.717, 1.165) is 0 Å². The third kappa shape index (κ3) is 5.32. The first-order valence-corrected chi connectivity index (χ1v) is 7.92. The first-order chi connectivity index (χ1) is 11.1. The average molecular weight is 322 g/mol. The average Bonchev–Trinajstić information content (AvgIpc) is 2.56. The van der Waals surface area contributed by atoms with E-state index in [2.05, 4.69) is 0 Å². The SMILES string of the molecule is CC(=O)N(CCC(=O)N1CCOCC1)CCc1ccccc1F. The summed E-state index contributed by atoms with van der Waals surface area (Å²) in [5.74, 6) is -0.332. The largest absolute Gasteiger partial charge is 0.378 e. The Morgan fingerprint density at radius 3 is 2.57 bits per heavy atom. The van der Waals surface area contributed by atoms with Crippen molar-refractivity contribution >= 4 is 11.8 Å². The molecule has 1 fully saturated rings. The van der Waals surface area contributed by atoms with Crippen molar-refractivity contribution in [1.29, 1.82) is 0 Å². The monoisotopic (exact) mass is 322 g/mol. The topological polar surface area (TPSA) is 49.9 Å². The van der Waals surface area contributed by atoms with Gasteiger partial charge in [0, 0.05) is 39.5 Å². The van der Waals surface area contributed by atoms with Crippen LogP contribution in [-0.4, -0.2) is 61.0 Å². The van der Waals surface area contributed by atoms with E-state index >= 15 is 0 Å². The van der Waals surface area contributed by atoms with Gasteiger partial charge in [0.15, 0.2) is 0 Å². The molecule has 1 saturated heterocycles. The Morgan fingerprint density at radius 1 is 1.22 bits per heavy atom. The summed E-state index contributed by atoms with van der Waals surface area (Å²) in [4.78, 5) is 27.2.